The van der Waals surface area contributed by atoms with Gasteiger partial charge >= 0.3 is 0 Å². The second-order valence-electron chi connectivity index (χ2n) is 5.97. The lowest BCUT2D eigenvalue weighted by Crippen LogP contribution is -2.34. The van der Waals surface area contributed by atoms with Gasteiger partial charge in [0.05, 0.1) is 29.7 Å². The summed E-state index contributed by atoms with van der Waals surface area (Å²) in [7, 11) is 0. The topological polar surface area (TPSA) is 87.4 Å². The average Bonchev–Trinajstić information content (AvgIpc) is 3.04. The maximum atomic E-state index is 12.8. The highest BCUT2D eigenvalue weighted by Crippen LogP contribution is 2.27. The highest BCUT2D eigenvalue weighted by Gasteiger charge is 2.23. The van der Waals surface area contributed by atoms with Crippen LogP contribution in [0.1, 0.15) is 16.1 Å². The van der Waals surface area contributed by atoms with Crippen LogP contribution < -0.4 is 5.32 Å². The summed E-state index contributed by atoms with van der Waals surface area (Å²) in [5, 5.41) is 25.8. The number of carbonyl (C=O) groups excluding carboxylic acids is 1. The molecular weight excluding hydrogens is 330 g/mol. The number of rotatable bonds is 6. The van der Waals surface area contributed by atoms with Crippen molar-refractivity contribution in [2.75, 3.05) is 13.2 Å². The van der Waals surface area contributed by atoms with Crippen LogP contribution in [0.15, 0.2) is 60.7 Å². The zero-order valence-electron chi connectivity index (χ0n) is 14.5. The Morgan fingerprint density at radius 2 is 1.73 bits per heavy atom. The third kappa shape index (κ3) is 3.66. The van der Waals surface area contributed by atoms with Crippen LogP contribution >= 0.6 is 0 Å². The first-order valence-corrected chi connectivity index (χ1v) is 8.39. The predicted molar refractivity (Wildman–Crippen MR) is 99.2 cm³/mol. The molecule has 0 bridgehead atoms. The molecule has 26 heavy (non-hydrogen) atoms. The molecule has 0 saturated heterocycles. The van der Waals surface area contributed by atoms with E-state index < -0.39 is 12.7 Å². The van der Waals surface area contributed by atoms with Crippen molar-refractivity contribution >= 4 is 5.91 Å². The van der Waals surface area contributed by atoms with Gasteiger partial charge < -0.3 is 15.5 Å². The second-order valence-corrected chi connectivity index (χ2v) is 5.97. The van der Waals surface area contributed by atoms with Gasteiger partial charge in [-0.2, -0.15) is 5.10 Å². The minimum Gasteiger partial charge on any atom is -0.394 e. The van der Waals surface area contributed by atoms with Crippen LogP contribution in [0.25, 0.3) is 16.9 Å². The van der Waals surface area contributed by atoms with E-state index in [1.165, 1.54) is 0 Å². The Balaban J connectivity index is 2.06. The van der Waals surface area contributed by atoms with E-state index in [4.69, 9.17) is 5.11 Å². The highest BCUT2D eigenvalue weighted by molar-refractivity contribution is 6.01. The Labute approximate surface area is 151 Å². The van der Waals surface area contributed by atoms with Crippen molar-refractivity contribution in [3.05, 3.63) is 71.9 Å². The van der Waals surface area contributed by atoms with E-state index in [0.717, 1.165) is 11.3 Å². The van der Waals surface area contributed by atoms with Crippen molar-refractivity contribution < 1.29 is 15.0 Å². The van der Waals surface area contributed by atoms with E-state index in [2.05, 4.69) is 10.4 Å². The molecule has 2 aromatic carbocycles. The molecule has 0 radical (unpaired) electrons. The van der Waals surface area contributed by atoms with Gasteiger partial charge in [-0.15, -0.1) is 0 Å². The van der Waals surface area contributed by atoms with Crippen molar-refractivity contribution in [2.24, 2.45) is 0 Å². The van der Waals surface area contributed by atoms with Crippen LogP contribution in [0.4, 0.5) is 0 Å². The summed E-state index contributed by atoms with van der Waals surface area (Å²) in [5.41, 5.74) is 3.41. The summed E-state index contributed by atoms with van der Waals surface area (Å²) < 4.78 is 1.74. The Morgan fingerprint density at radius 1 is 1.12 bits per heavy atom. The van der Waals surface area contributed by atoms with Crippen molar-refractivity contribution in [1.82, 2.24) is 15.1 Å². The monoisotopic (exact) mass is 351 g/mol. The molecule has 0 aliphatic heterocycles. The lowest BCUT2D eigenvalue weighted by Gasteiger charge is -2.10. The number of aliphatic hydroxyl groups excluding tert-OH is 2. The molecule has 3 aromatic rings. The van der Waals surface area contributed by atoms with Gasteiger partial charge in [0.25, 0.3) is 5.91 Å². The van der Waals surface area contributed by atoms with Gasteiger partial charge in [-0.25, -0.2) is 4.68 Å². The number of hydrogen-bond acceptors (Lipinski definition) is 4. The second kappa shape index (κ2) is 7.95. The maximum absolute atomic E-state index is 12.8. The predicted octanol–water partition coefficient (Wildman–Crippen LogP) is 1.93. The number of benzene rings is 2. The van der Waals surface area contributed by atoms with Crippen LogP contribution in [0, 0.1) is 6.92 Å². The van der Waals surface area contributed by atoms with E-state index in [1.807, 2.05) is 67.6 Å². The molecule has 0 spiro atoms. The fraction of sp³-hybridized carbons (Fsp3) is 0.200. The Hall–Kier alpha value is -2.96. The molecule has 0 aliphatic rings. The quantitative estimate of drug-likeness (QED) is 0.633. The maximum Gasteiger partial charge on any atom is 0.255 e. The SMILES string of the molecule is Cc1c(C(=O)NC[C@H](O)CO)c(-c2ccccc2)nn1-c1ccccc1. The van der Waals surface area contributed by atoms with Crippen LogP contribution in [0.2, 0.25) is 0 Å². The number of aromatic nitrogens is 2. The normalized spacial score (nSPS) is 12.0. The molecule has 3 N–H and O–H groups in total. The minimum atomic E-state index is -0.997. The number of para-hydroxylation sites is 1. The highest BCUT2D eigenvalue weighted by atomic mass is 16.3. The summed E-state index contributed by atoms with van der Waals surface area (Å²) in [6.07, 6.45) is -0.997. The summed E-state index contributed by atoms with van der Waals surface area (Å²) in [6, 6.07) is 19.1. The van der Waals surface area contributed by atoms with Crippen LogP contribution in [0.5, 0.6) is 0 Å². The molecule has 1 amide bonds. The molecular formula is C20H21N3O3. The number of amides is 1. The summed E-state index contributed by atoms with van der Waals surface area (Å²) >= 11 is 0. The number of aliphatic hydroxyl groups is 2. The lowest BCUT2D eigenvalue weighted by atomic mass is 10.1. The van der Waals surface area contributed by atoms with E-state index in [1.54, 1.807) is 4.68 Å². The van der Waals surface area contributed by atoms with E-state index in [0.29, 0.717) is 17.0 Å². The molecule has 134 valence electrons. The fourth-order valence-electron chi connectivity index (χ4n) is 2.76. The molecule has 6 heteroatoms. The standard InChI is InChI=1S/C20H21N3O3/c1-14-18(20(26)21-12-17(25)13-24)19(15-8-4-2-5-9-15)22-23(14)16-10-6-3-7-11-16/h2-11,17,24-25H,12-13H2,1H3,(H,21,26)/t17-/m0/s1. The molecule has 6 nitrogen and oxygen atoms in total. The van der Waals surface area contributed by atoms with Crippen molar-refractivity contribution in [2.45, 2.75) is 13.0 Å². The number of hydrogen-bond donors (Lipinski definition) is 3. The Bertz CT molecular complexity index is 876. The van der Waals surface area contributed by atoms with Crippen LogP contribution in [0.3, 0.4) is 0 Å². The molecule has 1 heterocycles. The smallest absolute Gasteiger partial charge is 0.255 e. The van der Waals surface area contributed by atoms with Crippen molar-refractivity contribution in [3.63, 3.8) is 0 Å². The van der Waals surface area contributed by atoms with Gasteiger partial charge in [0.2, 0.25) is 0 Å². The zero-order chi connectivity index (χ0) is 18.5. The van der Waals surface area contributed by atoms with Gasteiger partial charge in [0.1, 0.15) is 5.69 Å². The average molecular weight is 351 g/mol. The third-order valence-corrected chi connectivity index (χ3v) is 4.10. The van der Waals surface area contributed by atoms with Gasteiger partial charge in [0, 0.05) is 12.1 Å². The van der Waals surface area contributed by atoms with Crippen molar-refractivity contribution in [3.8, 4) is 16.9 Å². The fourth-order valence-corrected chi connectivity index (χ4v) is 2.76. The largest absolute Gasteiger partial charge is 0.394 e. The Kier molecular flexibility index (Phi) is 5.46. The first-order chi connectivity index (χ1) is 12.6. The van der Waals surface area contributed by atoms with Crippen LogP contribution in [-0.4, -0.2) is 45.2 Å². The van der Waals surface area contributed by atoms with E-state index in [-0.39, 0.29) is 12.5 Å². The minimum absolute atomic E-state index is 0.0283. The molecule has 0 aliphatic carbocycles. The summed E-state index contributed by atoms with van der Waals surface area (Å²) in [5.74, 6) is -0.337. The first-order valence-electron chi connectivity index (χ1n) is 8.39. The van der Waals surface area contributed by atoms with Gasteiger partial charge in [0.15, 0.2) is 0 Å². The molecule has 0 fully saturated rings. The van der Waals surface area contributed by atoms with Gasteiger partial charge in [-0.3, -0.25) is 4.79 Å². The number of carbonyl (C=O) groups is 1. The van der Waals surface area contributed by atoms with Crippen molar-refractivity contribution in [1.29, 1.82) is 0 Å². The van der Waals surface area contributed by atoms with E-state index >= 15 is 0 Å². The molecule has 3 rings (SSSR count). The van der Waals surface area contributed by atoms with Gasteiger partial charge in [-0.05, 0) is 19.1 Å². The lowest BCUT2D eigenvalue weighted by molar-refractivity contribution is 0.0802. The number of nitrogens with zero attached hydrogens (tertiary/aromatic N) is 2. The third-order valence-electron chi connectivity index (χ3n) is 4.10. The first kappa shape index (κ1) is 17.8. The summed E-state index contributed by atoms with van der Waals surface area (Å²) in [6.45, 7) is 1.40. The Morgan fingerprint density at radius 3 is 2.35 bits per heavy atom. The molecule has 1 aromatic heterocycles. The van der Waals surface area contributed by atoms with Gasteiger partial charge in [-0.1, -0.05) is 48.5 Å². The summed E-state index contributed by atoms with van der Waals surface area (Å²) in [4.78, 5) is 12.8. The molecule has 0 unspecified atom stereocenters. The zero-order valence-corrected chi connectivity index (χ0v) is 14.5. The van der Waals surface area contributed by atoms with Crippen LogP contribution in [-0.2, 0) is 0 Å². The number of nitrogens with one attached hydrogen (secondary N) is 1. The molecule has 1 atom stereocenters. The molecule has 0 saturated carbocycles. The van der Waals surface area contributed by atoms with E-state index in [9.17, 15) is 9.90 Å².